The van der Waals surface area contributed by atoms with Crippen LogP contribution in [0, 0.1) is 0 Å². The van der Waals surface area contributed by atoms with Gasteiger partial charge in [-0.1, -0.05) is 17.7 Å². The number of aromatic nitrogens is 1. The van der Waals surface area contributed by atoms with E-state index in [2.05, 4.69) is 20.9 Å². The molecule has 0 radical (unpaired) electrons. The standard InChI is InChI=1S/C16H17ClN4O3/c1-10(16(24)21-13-6-3-7-18-15(13)17)19-11-4-2-5-12(8-11)20-14(23)9-22/h2-8,10,19,22H,9H2,1H3,(H,20,23)(H,21,24). The van der Waals surface area contributed by atoms with Gasteiger partial charge >= 0.3 is 0 Å². The molecule has 0 bridgehead atoms. The number of amides is 2. The lowest BCUT2D eigenvalue weighted by atomic mass is 10.2. The van der Waals surface area contributed by atoms with Crippen molar-refractivity contribution in [3.8, 4) is 0 Å². The first-order valence-electron chi connectivity index (χ1n) is 7.18. The number of hydrogen-bond donors (Lipinski definition) is 4. The molecule has 4 N–H and O–H groups in total. The molecule has 0 aliphatic heterocycles. The fraction of sp³-hybridized carbons (Fsp3) is 0.188. The van der Waals surface area contributed by atoms with Crippen LogP contribution in [0.15, 0.2) is 42.6 Å². The van der Waals surface area contributed by atoms with Crippen molar-refractivity contribution in [3.05, 3.63) is 47.7 Å². The van der Waals surface area contributed by atoms with Gasteiger partial charge in [-0.3, -0.25) is 9.59 Å². The number of halogens is 1. The lowest BCUT2D eigenvalue weighted by Crippen LogP contribution is -2.32. The van der Waals surface area contributed by atoms with Crippen molar-refractivity contribution in [2.45, 2.75) is 13.0 Å². The summed E-state index contributed by atoms with van der Waals surface area (Å²) in [7, 11) is 0. The minimum Gasteiger partial charge on any atom is -0.387 e. The summed E-state index contributed by atoms with van der Waals surface area (Å²) >= 11 is 5.91. The summed E-state index contributed by atoms with van der Waals surface area (Å²) < 4.78 is 0. The number of nitrogens with one attached hydrogen (secondary N) is 3. The molecule has 1 aromatic heterocycles. The van der Waals surface area contributed by atoms with Crippen LogP contribution in [0.25, 0.3) is 0 Å². The fourth-order valence-corrected chi connectivity index (χ4v) is 2.09. The number of nitrogens with zero attached hydrogens (tertiary/aromatic N) is 1. The van der Waals surface area contributed by atoms with E-state index in [0.29, 0.717) is 17.1 Å². The second-order valence-electron chi connectivity index (χ2n) is 4.98. The van der Waals surface area contributed by atoms with Crippen LogP contribution in [-0.4, -0.2) is 34.6 Å². The van der Waals surface area contributed by atoms with Crippen molar-refractivity contribution < 1.29 is 14.7 Å². The zero-order valence-electron chi connectivity index (χ0n) is 12.9. The molecule has 2 aromatic rings. The number of anilines is 3. The van der Waals surface area contributed by atoms with Crippen LogP contribution in [-0.2, 0) is 9.59 Å². The zero-order valence-corrected chi connectivity index (χ0v) is 13.7. The average molecular weight is 349 g/mol. The Morgan fingerprint density at radius 2 is 1.96 bits per heavy atom. The minimum absolute atomic E-state index is 0.215. The van der Waals surface area contributed by atoms with Gasteiger partial charge < -0.3 is 21.1 Å². The molecule has 0 saturated carbocycles. The van der Waals surface area contributed by atoms with E-state index in [9.17, 15) is 9.59 Å². The SMILES string of the molecule is CC(Nc1cccc(NC(=O)CO)c1)C(=O)Nc1cccnc1Cl. The first-order valence-corrected chi connectivity index (χ1v) is 7.56. The maximum Gasteiger partial charge on any atom is 0.250 e. The molecule has 1 unspecified atom stereocenters. The predicted molar refractivity (Wildman–Crippen MR) is 93.1 cm³/mol. The van der Waals surface area contributed by atoms with E-state index in [1.807, 2.05) is 0 Å². The van der Waals surface area contributed by atoms with E-state index < -0.39 is 18.6 Å². The lowest BCUT2D eigenvalue weighted by molar-refractivity contribution is -0.119. The summed E-state index contributed by atoms with van der Waals surface area (Å²) in [6.07, 6.45) is 1.53. The van der Waals surface area contributed by atoms with Crippen LogP contribution in [0.1, 0.15) is 6.92 Å². The summed E-state index contributed by atoms with van der Waals surface area (Å²) in [5.74, 6) is -0.793. The Hall–Kier alpha value is -2.64. The Balaban J connectivity index is 2.00. The molecule has 1 heterocycles. The molecule has 1 aromatic carbocycles. The molecule has 0 aliphatic rings. The second-order valence-corrected chi connectivity index (χ2v) is 5.34. The molecule has 126 valence electrons. The Bertz CT molecular complexity index is 739. The molecule has 24 heavy (non-hydrogen) atoms. The van der Waals surface area contributed by atoms with E-state index in [1.165, 1.54) is 6.20 Å². The number of pyridine rings is 1. The number of hydrogen-bond acceptors (Lipinski definition) is 5. The van der Waals surface area contributed by atoms with Gasteiger partial charge in [0.2, 0.25) is 11.8 Å². The highest BCUT2D eigenvalue weighted by Gasteiger charge is 2.14. The van der Waals surface area contributed by atoms with Gasteiger partial charge in [-0.15, -0.1) is 0 Å². The van der Waals surface area contributed by atoms with Crippen molar-refractivity contribution in [2.24, 2.45) is 0 Å². The Kier molecular flexibility index (Phi) is 6.11. The highest BCUT2D eigenvalue weighted by atomic mass is 35.5. The van der Waals surface area contributed by atoms with Gasteiger partial charge in [0.15, 0.2) is 5.15 Å². The van der Waals surface area contributed by atoms with Crippen LogP contribution in [0.4, 0.5) is 17.1 Å². The van der Waals surface area contributed by atoms with Crippen molar-refractivity contribution >= 4 is 40.5 Å². The molecular formula is C16H17ClN4O3. The van der Waals surface area contributed by atoms with E-state index in [0.717, 1.165) is 0 Å². The van der Waals surface area contributed by atoms with Gasteiger partial charge in [-0.05, 0) is 37.3 Å². The molecular weight excluding hydrogens is 332 g/mol. The first-order chi connectivity index (χ1) is 11.5. The normalized spacial score (nSPS) is 11.5. The summed E-state index contributed by atoms with van der Waals surface area (Å²) in [6.45, 7) is 1.10. The maximum absolute atomic E-state index is 12.2. The largest absolute Gasteiger partial charge is 0.387 e. The summed E-state index contributed by atoms with van der Waals surface area (Å²) in [5.41, 5.74) is 1.59. The highest BCUT2D eigenvalue weighted by Crippen LogP contribution is 2.19. The van der Waals surface area contributed by atoms with Crippen LogP contribution in [0.2, 0.25) is 5.15 Å². The van der Waals surface area contributed by atoms with Gasteiger partial charge in [0.05, 0.1) is 5.69 Å². The monoisotopic (exact) mass is 348 g/mol. The minimum atomic E-state index is -0.595. The molecule has 0 fully saturated rings. The summed E-state index contributed by atoms with van der Waals surface area (Å²) in [6, 6.07) is 9.60. The third kappa shape index (κ3) is 4.94. The average Bonchev–Trinajstić information content (AvgIpc) is 2.57. The smallest absolute Gasteiger partial charge is 0.250 e. The van der Waals surface area contributed by atoms with Crippen molar-refractivity contribution in [2.75, 3.05) is 22.6 Å². The Labute approximate surface area is 144 Å². The molecule has 0 saturated heterocycles. The lowest BCUT2D eigenvalue weighted by Gasteiger charge is -2.16. The van der Waals surface area contributed by atoms with Gasteiger partial charge in [-0.2, -0.15) is 0 Å². The van der Waals surface area contributed by atoms with E-state index >= 15 is 0 Å². The topological polar surface area (TPSA) is 103 Å². The van der Waals surface area contributed by atoms with Gasteiger partial charge in [0.25, 0.3) is 0 Å². The second kappa shape index (κ2) is 8.28. The number of carbonyl (C=O) groups excluding carboxylic acids is 2. The quantitative estimate of drug-likeness (QED) is 0.599. The van der Waals surface area contributed by atoms with E-state index in [4.69, 9.17) is 16.7 Å². The zero-order chi connectivity index (χ0) is 17.5. The summed E-state index contributed by atoms with van der Waals surface area (Å²) in [4.78, 5) is 27.3. The predicted octanol–water partition coefficient (Wildman–Crippen LogP) is 2.10. The van der Waals surface area contributed by atoms with Crippen molar-refractivity contribution in [1.29, 1.82) is 0 Å². The Morgan fingerprint density at radius 1 is 1.21 bits per heavy atom. The molecule has 1 atom stereocenters. The van der Waals surface area contributed by atoms with Gasteiger partial charge in [0.1, 0.15) is 12.6 Å². The molecule has 0 spiro atoms. The highest BCUT2D eigenvalue weighted by molar-refractivity contribution is 6.32. The molecule has 0 aliphatic carbocycles. The number of carbonyl (C=O) groups is 2. The van der Waals surface area contributed by atoms with Gasteiger partial charge in [-0.25, -0.2) is 4.98 Å². The van der Waals surface area contributed by atoms with Crippen LogP contribution in [0.3, 0.4) is 0 Å². The van der Waals surface area contributed by atoms with Crippen LogP contribution in [0.5, 0.6) is 0 Å². The van der Waals surface area contributed by atoms with E-state index in [-0.39, 0.29) is 11.1 Å². The number of aliphatic hydroxyl groups excluding tert-OH is 1. The number of rotatable bonds is 6. The third-order valence-electron chi connectivity index (χ3n) is 3.08. The number of benzene rings is 1. The third-order valence-corrected chi connectivity index (χ3v) is 3.38. The molecule has 8 heteroatoms. The van der Waals surface area contributed by atoms with Crippen molar-refractivity contribution in [3.63, 3.8) is 0 Å². The molecule has 2 amide bonds. The maximum atomic E-state index is 12.2. The van der Waals surface area contributed by atoms with E-state index in [1.54, 1.807) is 43.3 Å². The number of aliphatic hydroxyl groups is 1. The molecule has 7 nitrogen and oxygen atoms in total. The first kappa shape index (κ1) is 17.7. The van der Waals surface area contributed by atoms with Crippen LogP contribution >= 0.6 is 11.6 Å². The fourth-order valence-electron chi connectivity index (χ4n) is 1.92. The van der Waals surface area contributed by atoms with Crippen molar-refractivity contribution in [1.82, 2.24) is 4.98 Å². The Morgan fingerprint density at radius 3 is 2.67 bits per heavy atom. The van der Waals surface area contributed by atoms with Crippen LogP contribution < -0.4 is 16.0 Å². The summed E-state index contributed by atoms with van der Waals surface area (Å²) in [5, 5.41) is 17.2. The molecule has 2 rings (SSSR count). The van der Waals surface area contributed by atoms with Gasteiger partial charge in [0, 0.05) is 17.6 Å².